The zero-order chi connectivity index (χ0) is 16.5. The van der Waals surface area contributed by atoms with E-state index in [-0.39, 0.29) is 12.1 Å². The van der Waals surface area contributed by atoms with E-state index in [4.69, 9.17) is 0 Å². The van der Waals surface area contributed by atoms with Crippen LogP contribution in [0.15, 0.2) is 54.6 Å². The molecule has 0 fully saturated rings. The lowest BCUT2D eigenvalue weighted by Crippen LogP contribution is -2.37. The summed E-state index contributed by atoms with van der Waals surface area (Å²) in [6, 6.07) is 17.4. The Morgan fingerprint density at radius 1 is 0.957 bits per heavy atom. The molecule has 118 valence electrons. The van der Waals surface area contributed by atoms with Gasteiger partial charge >= 0.3 is 6.03 Å². The molecular weight excluding hydrogens is 284 g/mol. The van der Waals surface area contributed by atoms with Crippen LogP contribution in [0.5, 0.6) is 0 Å². The van der Waals surface area contributed by atoms with Gasteiger partial charge in [-0.1, -0.05) is 50.0 Å². The molecule has 2 rings (SSSR count). The Labute approximate surface area is 138 Å². The fourth-order valence-corrected chi connectivity index (χ4v) is 2.19. The Bertz CT molecular complexity index is 694. The molecule has 2 aromatic rings. The molecular formula is C20H22N2O. The molecule has 0 spiro atoms. The van der Waals surface area contributed by atoms with Crippen molar-refractivity contribution in [2.45, 2.75) is 32.7 Å². The first-order valence-corrected chi connectivity index (χ1v) is 7.96. The Hall–Kier alpha value is -2.73. The van der Waals surface area contributed by atoms with E-state index < -0.39 is 0 Å². The Kier molecular flexibility index (Phi) is 6.26. The first-order valence-electron chi connectivity index (χ1n) is 7.96. The van der Waals surface area contributed by atoms with Crippen molar-refractivity contribution in [1.29, 1.82) is 0 Å². The van der Waals surface area contributed by atoms with Crippen LogP contribution in [0, 0.1) is 11.8 Å². The minimum atomic E-state index is -0.174. The maximum Gasteiger partial charge on any atom is 0.319 e. The van der Waals surface area contributed by atoms with Gasteiger partial charge in [0.25, 0.3) is 0 Å². The highest BCUT2D eigenvalue weighted by atomic mass is 16.2. The van der Waals surface area contributed by atoms with Gasteiger partial charge in [0, 0.05) is 22.9 Å². The van der Waals surface area contributed by atoms with Gasteiger partial charge in [-0.15, -0.1) is 0 Å². The van der Waals surface area contributed by atoms with E-state index in [1.807, 2.05) is 54.6 Å². The lowest BCUT2D eigenvalue weighted by Gasteiger charge is -2.15. The molecule has 2 N–H and O–H groups in total. The average molecular weight is 306 g/mol. The molecule has 0 saturated carbocycles. The van der Waals surface area contributed by atoms with Crippen LogP contribution in [-0.2, 0) is 0 Å². The van der Waals surface area contributed by atoms with Crippen molar-refractivity contribution in [1.82, 2.24) is 5.32 Å². The summed E-state index contributed by atoms with van der Waals surface area (Å²) in [5.74, 6) is 6.23. The Morgan fingerprint density at radius 2 is 1.61 bits per heavy atom. The number of anilines is 1. The average Bonchev–Trinajstić information content (AvgIpc) is 2.59. The number of carbonyl (C=O) groups is 1. The summed E-state index contributed by atoms with van der Waals surface area (Å²) in [6.07, 6.45) is 1.85. The third-order valence-corrected chi connectivity index (χ3v) is 3.57. The number of carbonyl (C=O) groups excluding carboxylic acids is 1. The summed E-state index contributed by atoms with van der Waals surface area (Å²) in [5.41, 5.74) is 2.58. The van der Waals surface area contributed by atoms with Crippen LogP contribution in [-0.4, -0.2) is 12.1 Å². The van der Waals surface area contributed by atoms with Gasteiger partial charge in [0.05, 0.1) is 0 Å². The predicted octanol–water partition coefficient (Wildman–Crippen LogP) is 4.40. The van der Waals surface area contributed by atoms with Crippen molar-refractivity contribution in [3.8, 4) is 11.8 Å². The van der Waals surface area contributed by atoms with Gasteiger partial charge in [-0.25, -0.2) is 4.79 Å². The predicted molar refractivity (Wildman–Crippen MR) is 95.4 cm³/mol. The van der Waals surface area contributed by atoms with E-state index in [2.05, 4.69) is 36.3 Å². The molecule has 0 aliphatic heterocycles. The summed E-state index contributed by atoms with van der Waals surface area (Å²) < 4.78 is 0. The lowest BCUT2D eigenvalue weighted by atomic mass is 10.1. The number of urea groups is 1. The SMILES string of the molecule is CCC(CC)NC(=O)Nc1cccc(C#Cc2ccccc2)c1. The van der Waals surface area contributed by atoms with Gasteiger partial charge in [-0.3, -0.25) is 0 Å². The number of hydrogen-bond donors (Lipinski definition) is 2. The van der Waals surface area contributed by atoms with Crippen LogP contribution in [0.3, 0.4) is 0 Å². The first-order chi connectivity index (χ1) is 11.2. The number of rotatable bonds is 4. The van der Waals surface area contributed by atoms with E-state index in [0.717, 1.165) is 29.7 Å². The highest BCUT2D eigenvalue weighted by molar-refractivity contribution is 5.89. The van der Waals surface area contributed by atoms with Gasteiger partial charge in [-0.05, 0) is 43.2 Å². The van der Waals surface area contributed by atoms with E-state index in [1.54, 1.807) is 0 Å². The summed E-state index contributed by atoms with van der Waals surface area (Å²) in [5, 5.41) is 5.82. The second kappa shape index (κ2) is 8.65. The maximum atomic E-state index is 12.0. The molecule has 0 aliphatic carbocycles. The van der Waals surface area contributed by atoms with Gasteiger partial charge < -0.3 is 10.6 Å². The largest absolute Gasteiger partial charge is 0.335 e. The molecule has 0 aromatic heterocycles. The van der Waals surface area contributed by atoms with Crippen molar-refractivity contribution in [2.75, 3.05) is 5.32 Å². The van der Waals surface area contributed by atoms with Crippen molar-refractivity contribution < 1.29 is 4.79 Å². The molecule has 2 aromatic carbocycles. The Morgan fingerprint density at radius 3 is 2.30 bits per heavy atom. The molecule has 0 unspecified atom stereocenters. The second-order valence-electron chi connectivity index (χ2n) is 5.31. The van der Waals surface area contributed by atoms with Gasteiger partial charge in [0.2, 0.25) is 0 Å². The number of amides is 2. The smallest absolute Gasteiger partial charge is 0.319 e. The van der Waals surface area contributed by atoms with E-state index in [1.165, 1.54) is 0 Å². The standard InChI is InChI=1S/C20H22N2O/c1-3-18(4-2)21-20(23)22-19-12-8-11-17(15-19)14-13-16-9-6-5-7-10-16/h5-12,15,18H,3-4H2,1-2H3,(H2,21,22,23). The topological polar surface area (TPSA) is 41.1 Å². The molecule has 0 aliphatic rings. The van der Waals surface area contributed by atoms with Crippen molar-refractivity contribution >= 4 is 11.7 Å². The number of hydrogen-bond acceptors (Lipinski definition) is 1. The van der Waals surface area contributed by atoms with E-state index in [0.29, 0.717) is 0 Å². The molecule has 3 nitrogen and oxygen atoms in total. The first kappa shape index (κ1) is 16.6. The van der Waals surface area contributed by atoms with E-state index in [9.17, 15) is 4.79 Å². The van der Waals surface area contributed by atoms with Crippen LogP contribution in [0.4, 0.5) is 10.5 Å². The van der Waals surface area contributed by atoms with Crippen LogP contribution < -0.4 is 10.6 Å². The maximum absolute atomic E-state index is 12.0. The summed E-state index contributed by atoms with van der Waals surface area (Å²) in [4.78, 5) is 12.0. The quantitative estimate of drug-likeness (QED) is 0.808. The van der Waals surface area contributed by atoms with Gasteiger partial charge in [0.15, 0.2) is 0 Å². The zero-order valence-corrected chi connectivity index (χ0v) is 13.6. The zero-order valence-electron chi connectivity index (χ0n) is 13.6. The summed E-state index contributed by atoms with van der Waals surface area (Å²) in [7, 11) is 0. The molecule has 0 heterocycles. The van der Waals surface area contributed by atoms with Gasteiger partial charge in [-0.2, -0.15) is 0 Å². The normalized spacial score (nSPS) is 9.87. The monoisotopic (exact) mass is 306 g/mol. The molecule has 0 bridgehead atoms. The number of nitrogens with one attached hydrogen (secondary N) is 2. The second-order valence-corrected chi connectivity index (χ2v) is 5.31. The van der Waals surface area contributed by atoms with Crippen LogP contribution in [0.1, 0.15) is 37.8 Å². The van der Waals surface area contributed by atoms with Crippen molar-refractivity contribution in [3.05, 3.63) is 65.7 Å². The van der Waals surface area contributed by atoms with Crippen molar-refractivity contribution in [2.24, 2.45) is 0 Å². The molecule has 0 atom stereocenters. The van der Waals surface area contributed by atoms with Crippen LogP contribution >= 0.6 is 0 Å². The van der Waals surface area contributed by atoms with Crippen molar-refractivity contribution in [3.63, 3.8) is 0 Å². The molecule has 23 heavy (non-hydrogen) atoms. The molecule has 0 radical (unpaired) electrons. The third kappa shape index (κ3) is 5.52. The molecule has 2 amide bonds. The molecule has 3 heteroatoms. The highest BCUT2D eigenvalue weighted by Crippen LogP contribution is 2.10. The fourth-order valence-electron chi connectivity index (χ4n) is 2.19. The molecule has 0 saturated heterocycles. The minimum absolute atomic E-state index is 0.174. The fraction of sp³-hybridized carbons (Fsp3) is 0.250. The highest BCUT2D eigenvalue weighted by Gasteiger charge is 2.08. The van der Waals surface area contributed by atoms with Gasteiger partial charge in [0.1, 0.15) is 0 Å². The van der Waals surface area contributed by atoms with Crippen LogP contribution in [0.25, 0.3) is 0 Å². The summed E-state index contributed by atoms with van der Waals surface area (Å²) >= 11 is 0. The number of benzene rings is 2. The van der Waals surface area contributed by atoms with Crippen LogP contribution in [0.2, 0.25) is 0 Å². The Balaban J connectivity index is 2.03. The van der Waals surface area contributed by atoms with E-state index >= 15 is 0 Å². The summed E-state index contributed by atoms with van der Waals surface area (Å²) in [6.45, 7) is 4.13. The lowest BCUT2D eigenvalue weighted by molar-refractivity contribution is 0.247. The minimum Gasteiger partial charge on any atom is -0.335 e. The third-order valence-electron chi connectivity index (χ3n) is 3.57.